The van der Waals surface area contributed by atoms with Crippen LogP contribution in [0.25, 0.3) is 0 Å². The molecule has 2 aromatic carbocycles. The molecule has 0 unspecified atom stereocenters. The molecule has 162 valence electrons. The van der Waals surface area contributed by atoms with E-state index in [-0.39, 0.29) is 19.6 Å². The van der Waals surface area contributed by atoms with Gasteiger partial charge in [-0.1, -0.05) is 0 Å². The van der Waals surface area contributed by atoms with Crippen molar-refractivity contribution in [3.05, 3.63) is 56.6 Å². The summed E-state index contributed by atoms with van der Waals surface area (Å²) in [6.45, 7) is 0. The smallest absolute Gasteiger partial charge is 0.258 e. The lowest BCUT2D eigenvalue weighted by atomic mass is 10.3. The minimum absolute atomic E-state index is 0.0567. The molecule has 0 aromatic heterocycles. The van der Waals surface area contributed by atoms with Crippen molar-refractivity contribution in [3.63, 3.8) is 0 Å². The first-order valence-electron chi connectivity index (χ1n) is 7.71. The maximum Gasteiger partial charge on any atom is 0.285 e. The summed E-state index contributed by atoms with van der Waals surface area (Å²) >= 11 is 0. The van der Waals surface area contributed by atoms with Gasteiger partial charge < -0.3 is 0 Å². The molecule has 16 heteroatoms. The Morgan fingerprint density at radius 1 is 0.733 bits per heavy atom. The Morgan fingerprint density at radius 3 is 1.33 bits per heavy atom. The van der Waals surface area contributed by atoms with Gasteiger partial charge in [-0.2, -0.15) is 0 Å². The Morgan fingerprint density at radius 2 is 1.07 bits per heavy atom. The van der Waals surface area contributed by atoms with Crippen LogP contribution in [0.15, 0.2) is 56.0 Å². The van der Waals surface area contributed by atoms with Crippen LogP contribution in [0.3, 0.4) is 0 Å². The normalized spacial score (nSPS) is 11.9. The van der Waals surface area contributed by atoms with Crippen molar-refractivity contribution in [2.45, 2.75) is 19.6 Å². The summed E-state index contributed by atoms with van der Waals surface area (Å²) in [6, 6.07) is 6.52. The molecule has 30 heavy (non-hydrogen) atoms. The first-order chi connectivity index (χ1) is 13.9. The summed E-state index contributed by atoms with van der Waals surface area (Å²) in [5, 5.41) is 22.7. The van der Waals surface area contributed by atoms with Gasteiger partial charge in [0.1, 0.15) is 0 Å². The van der Waals surface area contributed by atoms with Crippen LogP contribution in [-0.4, -0.2) is 40.8 Å². The molecule has 0 saturated heterocycles. The van der Waals surface area contributed by atoms with Gasteiger partial charge in [-0.15, -0.1) is 0 Å². The van der Waals surface area contributed by atoms with E-state index in [0.717, 1.165) is 47.8 Å². The van der Waals surface area contributed by atoms with Crippen LogP contribution in [-0.2, 0) is 20.0 Å². The SMILES string of the molecule is CNS(=O)(=O)c1ccc(SSc2ccc(S(=O)(=O)NC)cc2[N+](=O)[O-])c([N+](=O)[O-])c1. The molecule has 0 aliphatic heterocycles. The lowest BCUT2D eigenvalue weighted by Gasteiger charge is -2.07. The molecule has 0 spiro atoms. The van der Waals surface area contributed by atoms with Crippen molar-refractivity contribution in [2.75, 3.05) is 14.1 Å². The van der Waals surface area contributed by atoms with E-state index in [9.17, 15) is 37.1 Å². The molecule has 0 aliphatic carbocycles. The molecule has 0 fully saturated rings. The van der Waals surface area contributed by atoms with Crippen LogP contribution < -0.4 is 9.44 Å². The van der Waals surface area contributed by atoms with Crippen LogP contribution in [0.4, 0.5) is 11.4 Å². The van der Waals surface area contributed by atoms with Crippen LogP contribution in [0.2, 0.25) is 0 Å². The van der Waals surface area contributed by atoms with Gasteiger partial charge in [0.15, 0.2) is 0 Å². The number of nitro benzene ring substituents is 2. The zero-order valence-electron chi connectivity index (χ0n) is 15.3. The minimum atomic E-state index is -3.90. The molecule has 0 bridgehead atoms. The number of sulfonamides is 2. The largest absolute Gasteiger partial charge is 0.285 e. The topological polar surface area (TPSA) is 179 Å². The van der Waals surface area contributed by atoms with Crippen molar-refractivity contribution >= 4 is 53.0 Å². The predicted octanol–water partition coefficient (Wildman–Crippen LogP) is 2.12. The number of hydrogen-bond donors (Lipinski definition) is 2. The van der Waals surface area contributed by atoms with Gasteiger partial charge in [-0.05, 0) is 59.9 Å². The second-order valence-corrected chi connectivity index (χ2v) is 11.3. The Hall–Kier alpha value is -2.24. The van der Waals surface area contributed by atoms with Crippen LogP contribution >= 0.6 is 21.6 Å². The quantitative estimate of drug-likeness (QED) is 0.298. The molecule has 2 aromatic rings. The van der Waals surface area contributed by atoms with Crippen LogP contribution in [0.1, 0.15) is 0 Å². The van der Waals surface area contributed by atoms with Crippen molar-refractivity contribution in [1.82, 2.24) is 9.44 Å². The lowest BCUT2D eigenvalue weighted by molar-refractivity contribution is -0.388. The standard InChI is InChI=1S/C14H14N4O8S4/c1-15-29(23,24)9-3-5-13(11(7-9)17(19)20)27-28-14-6-4-10(30(25,26)16-2)8-12(14)18(21)22/h3-8,15-16H,1-2H3. The van der Waals surface area contributed by atoms with Crippen LogP contribution in [0, 0.1) is 20.2 Å². The minimum Gasteiger partial charge on any atom is -0.258 e. The highest BCUT2D eigenvalue weighted by molar-refractivity contribution is 8.76. The zero-order valence-corrected chi connectivity index (χ0v) is 18.5. The molecule has 0 heterocycles. The van der Waals surface area contributed by atoms with E-state index < -0.39 is 41.3 Å². The number of nitro groups is 2. The Labute approximate surface area is 179 Å². The van der Waals surface area contributed by atoms with Gasteiger partial charge in [0.25, 0.3) is 11.4 Å². The fraction of sp³-hybridized carbons (Fsp3) is 0.143. The van der Waals surface area contributed by atoms with Gasteiger partial charge >= 0.3 is 0 Å². The van der Waals surface area contributed by atoms with Crippen molar-refractivity contribution < 1.29 is 26.7 Å². The van der Waals surface area contributed by atoms with Gasteiger partial charge in [0.2, 0.25) is 20.0 Å². The molecule has 12 nitrogen and oxygen atoms in total. The Balaban J connectivity index is 2.41. The summed E-state index contributed by atoms with van der Waals surface area (Å²) in [6.07, 6.45) is 0. The monoisotopic (exact) mass is 494 g/mol. The van der Waals surface area contributed by atoms with E-state index in [1.807, 2.05) is 0 Å². The lowest BCUT2D eigenvalue weighted by Crippen LogP contribution is -2.18. The molecular formula is C14H14N4O8S4. The van der Waals surface area contributed by atoms with E-state index in [2.05, 4.69) is 9.44 Å². The molecule has 2 N–H and O–H groups in total. The summed E-state index contributed by atoms with van der Waals surface area (Å²) in [5.41, 5.74) is -0.998. The van der Waals surface area contributed by atoms with Crippen molar-refractivity contribution in [2.24, 2.45) is 0 Å². The molecule has 0 atom stereocenters. The molecular weight excluding hydrogens is 480 g/mol. The third-order valence-corrected chi connectivity index (χ3v) is 8.92. The third kappa shape index (κ3) is 5.27. The van der Waals surface area contributed by atoms with Gasteiger partial charge in [0.05, 0.1) is 29.4 Å². The summed E-state index contributed by atoms with van der Waals surface area (Å²) < 4.78 is 51.5. The van der Waals surface area contributed by atoms with Crippen LogP contribution in [0.5, 0.6) is 0 Å². The predicted molar refractivity (Wildman–Crippen MR) is 110 cm³/mol. The summed E-state index contributed by atoms with van der Waals surface area (Å²) in [4.78, 5) is 20.7. The summed E-state index contributed by atoms with van der Waals surface area (Å²) in [5.74, 6) is 0. The average Bonchev–Trinajstić information content (AvgIpc) is 2.71. The maximum absolute atomic E-state index is 11.8. The number of benzene rings is 2. The van der Waals surface area contributed by atoms with E-state index in [1.165, 1.54) is 24.3 Å². The van der Waals surface area contributed by atoms with E-state index in [1.54, 1.807) is 0 Å². The molecule has 0 amide bonds. The fourth-order valence-electron chi connectivity index (χ4n) is 2.08. The highest BCUT2D eigenvalue weighted by Gasteiger charge is 2.24. The molecule has 2 rings (SSSR count). The van der Waals surface area contributed by atoms with E-state index in [0.29, 0.717) is 0 Å². The second-order valence-electron chi connectivity index (χ2n) is 5.36. The molecule has 0 radical (unpaired) electrons. The first-order valence-corrected chi connectivity index (χ1v) is 12.8. The van der Waals surface area contributed by atoms with Gasteiger partial charge in [0, 0.05) is 12.1 Å². The number of nitrogens with one attached hydrogen (secondary N) is 2. The maximum atomic E-state index is 11.8. The summed E-state index contributed by atoms with van der Waals surface area (Å²) in [7, 11) is -3.88. The fourth-order valence-corrected chi connectivity index (χ4v) is 5.83. The van der Waals surface area contributed by atoms with Crippen molar-refractivity contribution in [1.29, 1.82) is 0 Å². The zero-order chi connectivity index (χ0) is 22.7. The highest BCUT2D eigenvalue weighted by atomic mass is 33.1. The Kier molecular flexibility index (Phi) is 7.43. The van der Waals surface area contributed by atoms with E-state index in [4.69, 9.17) is 0 Å². The third-order valence-electron chi connectivity index (χ3n) is 3.63. The van der Waals surface area contributed by atoms with Crippen molar-refractivity contribution in [3.8, 4) is 0 Å². The van der Waals surface area contributed by atoms with E-state index >= 15 is 0 Å². The number of rotatable bonds is 9. The van der Waals surface area contributed by atoms with Gasteiger partial charge in [-0.3, -0.25) is 20.2 Å². The Bertz CT molecular complexity index is 1120. The molecule has 0 saturated carbocycles. The van der Waals surface area contributed by atoms with Gasteiger partial charge in [-0.25, -0.2) is 26.3 Å². The number of nitrogens with zero attached hydrogens (tertiary/aromatic N) is 2. The highest BCUT2D eigenvalue weighted by Crippen LogP contribution is 2.45. The average molecular weight is 495 g/mol. The first kappa shape index (κ1) is 24.0. The molecule has 0 aliphatic rings. The second kappa shape index (κ2) is 9.27. The number of hydrogen-bond acceptors (Lipinski definition) is 10.